The first-order valence-corrected chi connectivity index (χ1v) is 15.6. The third kappa shape index (κ3) is 7.92. The largest absolute Gasteiger partial charge is 0.457 e. The Morgan fingerprint density at radius 1 is 0.920 bits per heavy atom. The Morgan fingerprint density at radius 3 is 2.14 bits per heavy atom. The first-order chi connectivity index (χ1) is 23.6. The van der Waals surface area contributed by atoms with Crippen molar-refractivity contribution in [1.29, 1.82) is 0 Å². The van der Waals surface area contributed by atoms with Crippen molar-refractivity contribution in [3.8, 4) is 0 Å². The Labute approximate surface area is 289 Å². The highest BCUT2D eigenvalue weighted by atomic mass is 16.6. The second-order valence-corrected chi connectivity index (χ2v) is 12.0. The normalized spacial score (nSPS) is 14.1. The van der Waals surface area contributed by atoms with E-state index in [1.807, 2.05) is 27.7 Å². The van der Waals surface area contributed by atoms with E-state index in [-0.39, 0.29) is 18.9 Å². The number of rotatable bonds is 12. The Hall–Kier alpha value is -6.17. The van der Waals surface area contributed by atoms with Crippen LogP contribution in [0.3, 0.4) is 0 Å². The zero-order valence-electron chi connectivity index (χ0n) is 29.0. The van der Waals surface area contributed by atoms with E-state index < -0.39 is 21.8 Å². The van der Waals surface area contributed by atoms with Gasteiger partial charge in [0.1, 0.15) is 13.2 Å². The maximum Gasteiger partial charge on any atom is 0.340 e. The van der Waals surface area contributed by atoms with E-state index in [4.69, 9.17) is 14.5 Å². The molecule has 1 aromatic heterocycles. The summed E-state index contributed by atoms with van der Waals surface area (Å²) in [5.41, 5.74) is 9.63. The number of nitrogens with one attached hydrogen (secondary N) is 1. The molecule has 0 fully saturated rings. The second-order valence-electron chi connectivity index (χ2n) is 12.0. The summed E-state index contributed by atoms with van der Waals surface area (Å²) in [6, 6.07) is 9.90. The van der Waals surface area contributed by atoms with Gasteiger partial charge in [0, 0.05) is 29.5 Å². The van der Waals surface area contributed by atoms with E-state index in [9.17, 15) is 29.8 Å². The van der Waals surface area contributed by atoms with Crippen LogP contribution >= 0.6 is 0 Å². The quantitative estimate of drug-likeness (QED) is 0.0876. The Kier molecular flexibility index (Phi) is 11.3. The van der Waals surface area contributed by atoms with Crippen molar-refractivity contribution in [2.24, 2.45) is 4.99 Å². The van der Waals surface area contributed by atoms with Crippen molar-refractivity contribution in [3.05, 3.63) is 160 Å². The Bertz CT molecular complexity index is 2050. The number of H-pyrrole nitrogens is 1. The molecule has 50 heavy (non-hydrogen) atoms. The minimum atomic E-state index is -0.596. The maximum atomic E-state index is 13.5. The van der Waals surface area contributed by atoms with Crippen LogP contribution in [0.1, 0.15) is 69.0 Å². The highest BCUT2D eigenvalue weighted by Crippen LogP contribution is 2.41. The number of carbonyl (C=O) groups is 2. The lowest BCUT2D eigenvalue weighted by Gasteiger charge is -2.18. The molecule has 0 aliphatic carbocycles. The molecule has 0 spiro atoms. The molecular formula is C38H38N4O8. The molecule has 1 N–H and O–H groups in total. The number of non-ortho nitro benzene ring substituents is 1. The van der Waals surface area contributed by atoms with Crippen molar-refractivity contribution in [1.82, 2.24) is 4.98 Å². The Balaban J connectivity index is 1.78. The van der Waals surface area contributed by atoms with E-state index >= 15 is 0 Å². The van der Waals surface area contributed by atoms with Crippen molar-refractivity contribution >= 4 is 28.9 Å². The smallest absolute Gasteiger partial charge is 0.340 e. The summed E-state index contributed by atoms with van der Waals surface area (Å²) in [5, 5.41) is 21.6. The van der Waals surface area contributed by atoms with Crippen LogP contribution < -0.4 is 0 Å². The van der Waals surface area contributed by atoms with Gasteiger partial charge in [0.05, 0.1) is 38.1 Å². The highest BCUT2D eigenvalue weighted by molar-refractivity contribution is 6.22. The molecule has 0 atom stereocenters. The van der Waals surface area contributed by atoms with Crippen LogP contribution in [0.4, 0.5) is 5.69 Å². The average Bonchev–Trinajstić information content (AvgIpc) is 3.51. The molecule has 1 aliphatic heterocycles. The number of ether oxygens (including phenoxy) is 2. The van der Waals surface area contributed by atoms with Gasteiger partial charge >= 0.3 is 11.9 Å². The summed E-state index contributed by atoms with van der Waals surface area (Å²) in [6.07, 6.45) is 4.91. The van der Waals surface area contributed by atoms with Gasteiger partial charge in [0.2, 0.25) is 6.20 Å². The molecule has 3 aromatic rings. The summed E-state index contributed by atoms with van der Waals surface area (Å²) >= 11 is 0. The molecule has 0 radical (unpaired) electrons. The van der Waals surface area contributed by atoms with Crippen LogP contribution in [0.25, 0.3) is 5.57 Å². The number of carbonyl (C=O) groups excluding carboxylic acids is 2. The lowest BCUT2D eigenvalue weighted by Crippen LogP contribution is -2.13. The molecule has 12 heteroatoms. The van der Waals surface area contributed by atoms with Gasteiger partial charge in [0.15, 0.2) is 0 Å². The summed E-state index contributed by atoms with van der Waals surface area (Å²) in [6.45, 7) is 16.6. The number of nitro benzene ring substituents is 1. The zero-order valence-corrected chi connectivity index (χ0v) is 29.0. The molecule has 0 amide bonds. The van der Waals surface area contributed by atoms with E-state index in [2.05, 4.69) is 23.7 Å². The standard InChI is InChI=1S/C38H38N4O8/c1-9-28(11-10-16-41(45)46)19-49-37(43)32-24(5)35(39-26(32)7)34(31-22(3)17-21(2)18-23(31)4)36-25(6)33(27(8)40-36)38(44)50-20-29-12-14-30(15-13-29)42(47)48/h9-18,39H,1,19-20H2,2-8H3/b16-10+,28-11+,36-34-. The minimum Gasteiger partial charge on any atom is -0.457 e. The van der Waals surface area contributed by atoms with E-state index in [1.54, 1.807) is 20.8 Å². The van der Waals surface area contributed by atoms with Crippen LogP contribution in [0.5, 0.6) is 0 Å². The van der Waals surface area contributed by atoms with Gasteiger partial charge in [-0.25, -0.2) is 9.59 Å². The van der Waals surface area contributed by atoms with Crippen LogP contribution in [-0.2, 0) is 20.9 Å². The van der Waals surface area contributed by atoms with E-state index in [1.165, 1.54) is 42.5 Å². The van der Waals surface area contributed by atoms with Gasteiger partial charge < -0.3 is 14.5 Å². The summed E-state index contributed by atoms with van der Waals surface area (Å²) < 4.78 is 11.2. The number of hydrogen-bond acceptors (Lipinski definition) is 9. The Morgan fingerprint density at radius 2 is 1.56 bits per heavy atom. The topological polar surface area (TPSA) is 167 Å². The molecule has 258 valence electrons. The van der Waals surface area contributed by atoms with Gasteiger partial charge in [-0.2, -0.15) is 0 Å². The first kappa shape index (κ1) is 36.7. The third-order valence-corrected chi connectivity index (χ3v) is 8.30. The molecule has 0 unspecified atom stereocenters. The number of aliphatic imine (C=N–C) groups is 1. The number of allylic oxidation sites excluding steroid dienone is 3. The number of aryl methyl sites for hydroxylation is 4. The van der Waals surface area contributed by atoms with E-state index in [0.717, 1.165) is 28.5 Å². The monoisotopic (exact) mass is 678 g/mol. The lowest BCUT2D eigenvalue weighted by atomic mass is 9.87. The average molecular weight is 679 g/mol. The molecule has 4 rings (SSSR count). The number of aromatic amines is 1. The van der Waals surface area contributed by atoms with Crippen LogP contribution in [0.15, 0.2) is 94.8 Å². The van der Waals surface area contributed by atoms with Gasteiger partial charge in [-0.3, -0.25) is 25.2 Å². The zero-order chi connectivity index (χ0) is 36.9. The molecule has 12 nitrogen and oxygen atoms in total. The number of esters is 2. The highest BCUT2D eigenvalue weighted by Gasteiger charge is 2.32. The number of nitrogens with zero attached hydrogens (tertiary/aromatic N) is 3. The van der Waals surface area contributed by atoms with Gasteiger partial charge in [-0.15, -0.1) is 0 Å². The fraction of sp³-hybridized carbons (Fsp3) is 0.237. The van der Waals surface area contributed by atoms with Crippen molar-refractivity contribution < 1.29 is 28.9 Å². The fourth-order valence-electron chi connectivity index (χ4n) is 6.05. The van der Waals surface area contributed by atoms with Crippen molar-refractivity contribution in [2.75, 3.05) is 6.61 Å². The molecule has 2 aromatic carbocycles. The van der Waals surface area contributed by atoms with Crippen molar-refractivity contribution in [2.45, 2.75) is 55.1 Å². The predicted molar refractivity (Wildman–Crippen MR) is 190 cm³/mol. The maximum absolute atomic E-state index is 13.5. The number of benzene rings is 2. The third-order valence-electron chi connectivity index (χ3n) is 8.30. The predicted octanol–water partition coefficient (Wildman–Crippen LogP) is 7.82. The van der Waals surface area contributed by atoms with Gasteiger partial charge in [-0.1, -0.05) is 30.4 Å². The molecule has 0 bridgehead atoms. The fourth-order valence-corrected chi connectivity index (χ4v) is 6.05. The van der Waals surface area contributed by atoms with Crippen molar-refractivity contribution in [3.63, 3.8) is 0 Å². The summed E-state index contributed by atoms with van der Waals surface area (Å²) in [7, 11) is 0. The lowest BCUT2D eigenvalue weighted by molar-refractivity contribution is -0.402. The summed E-state index contributed by atoms with van der Waals surface area (Å²) in [4.78, 5) is 55.8. The molecule has 1 aliphatic rings. The molecule has 2 heterocycles. The van der Waals surface area contributed by atoms with Crippen LogP contribution in [0, 0.1) is 54.8 Å². The van der Waals surface area contributed by atoms with Gasteiger partial charge in [-0.05, 0) is 106 Å². The van der Waals surface area contributed by atoms with Crippen LogP contribution in [-0.4, -0.2) is 39.1 Å². The molecule has 0 saturated carbocycles. The molecular weight excluding hydrogens is 640 g/mol. The number of aromatic nitrogens is 1. The first-order valence-electron chi connectivity index (χ1n) is 15.6. The van der Waals surface area contributed by atoms with Crippen LogP contribution in [0.2, 0.25) is 0 Å². The number of nitro groups is 2. The van der Waals surface area contributed by atoms with Gasteiger partial charge in [0.25, 0.3) is 5.69 Å². The summed E-state index contributed by atoms with van der Waals surface area (Å²) in [5.74, 6) is -1.18. The second kappa shape index (κ2) is 15.4. The SMILES string of the molecule is C=C/C(=C\C=C\[N+](=O)[O-])COC(=O)c1c(C)[nH]c(/C(=C2\N=C(C)C(C(=O)OCc3ccc([N+](=O)[O-])cc3)=C2C)c2c(C)cc(C)cc2C)c1C. The van der Waals surface area contributed by atoms with E-state index in [0.29, 0.717) is 61.8 Å². The molecule has 0 saturated heterocycles. The minimum absolute atomic E-state index is 0.0614. The number of hydrogen-bond donors (Lipinski definition) is 1.